The van der Waals surface area contributed by atoms with Gasteiger partial charge in [-0.3, -0.25) is 29.4 Å². The molecule has 0 bridgehead atoms. The normalized spacial score (nSPS) is 17.2. The number of imide groups is 2. The Labute approximate surface area is 230 Å². The number of carboxylic acid groups (broad SMARTS) is 1. The summed E-state index contributed by atoms with van der Waals surface area (Å²) in [4.78, 5) is 63.6. The number of nitrogens with one attached hydrogen (secondary N) is 1. The van der Waals surface area contributed by atoms with Crippen LogP contribution in [0.15, 0.2) is 24.4 Å². The first-order valence-corrected chi connectivity index (χ1v) is 12.9. The second-order valence-electron chi connectivity index (χ2n) is 10.4. The summed E-state index contributed by atoms with van der Waals surface area (Å²) in [5.74, 6) is -2.13. The second-order valence-corrected chi connectivity index (χ2v) is 10.4. The van der Waals surface area contributed by atoms with Crippen molar-refractivity contribution in [2.45, 2.75) is 58.2 Å². The van der Waals surface area contributed by atoms with E-state index in [-0.39, 0.29) is 49.5 Å². The smallest absolute Gasteiger partial charge is 0.407 e. The summed E-state index contributed by atoms with van der Waals surface area (Å²) in [6.07, 6.45) is 1.09. The van der Waals surface area contributed by atoms with E-state index in [1.54, 1.807) is 23.0 Å². The maximum atomic E-state index is 13.2. The number of hydrogen-bond acceptors (Lipinski definition) is 9. The number of fused-ring (bicyclic) bond motifs is 1. The fourth-order valence-corrected chi connectivity index (χ4v) is 4.66. The van der Waals surface area contributed by atoms with Crippen molar-refractivity contribution in [1.29, 1.82) is 0 Å². The summed E-state index contributed by atoms with van der Waals surface area (Å²) >= 11 is 0. The van der Waals surface area contributed by atoms with Gasteiger partial charge in [-0.2, -0.15) is 0 Å². The summed E-state index contributed by atoms with van der Waals surface area (Å²) in [5, 5.41) is 19.5. The zero-order valence-corrected chi connectivity index (χ0v) is 22.6. The van der Waals surface area contributed by atoms with Crippen LogP contribution in [0.1, 0.15) is 60.0 Å². The number of carbonyl (C=O) groups excluding carboxylic acids is 4. The van der Waals surface area contributed by atoms with Crippen molar-refractivity contribution in [2.75, 3.05) is 26.4 Å². The van der Waals surface area contributed by atoms with Gasteiger partial charge < -0.3 is 19.5 Å². The predicted octanol–water partition coefficient (Wildman–Crippen LogP) is 1.10. The molecule has 1 fully saturated rings. The molecule has 2 aromatic rings. The molecule has 1 aromatic carbocycles. The Morgan fingerprint density at radius 2 is 1.93 bits per heavy atom. The van der Waals surface area contributed by atoms with Crippen LogP contribution in [0, 0.1) is 0 Å². The van der Waals surface area contributed by atoms with Gasteiger partial charge in [-0.1, -0.05) is 11.3 Å². The fourth-order valence-electron chi connectivity index (χ4n) is 4.66. The Morgan fingerprint density at radius 1 is 1.15 bits per heavy atom. The molecule has 14 heteroatoms. The molecule has 14 nitrogen and oxygen atoms in total. The number of hydrogen-bond donors (Lipinski definition) is 2. The monoisotopic (exact) mass is 556 g/mol. The summed E-state index contributed by atoms with van der Waals surface area (Å²) in [6.45, 7) is 6.77. The van der Waals surface area contributed by atoms with Crippen LogP contribution < -0.4 is 10.1 Å². The third-order valence-electron chi connectivity index (χ3n) is 6.69. The van der Waals surface area contributed by atoms with E-state index in [9.17, 15) is 29.1 Å². The molecule has 2 aliphatic heterocycles. The molecular weight excluding hydrogens is 524 g/mol. The van der Waals surface area contributed by atoms with Crippen LogP contribution in [-0.4, -0.2) is 97.6 Å². The average Bonchev–Trinajstić information content (AvgIpc) is 3.42. The Morgan fingerprint density at radius 3 is 2.62 bits per heavy atom. The number of aromatic nitrogens is 3. The highest BCUT2D eigenvalue weighted by Crippen LogP contribution is 2.33. The minimum Gasteiger partial charge on any atom is -0.492 e. The summed E-state index contributed by atoms with van der Waals surface area (Å²) in [5.41, 5.74) is 0.450. The third kappa shape index (κ3) is 6.11. The van der Waals surface area contributed by atoms with Crippen molar-refractivity contribution in [1.82, 2.24) is 30.1 Å². The molecule has 1 saturated heterocycles. The van der Waals surface area contributed by atoms with Crippen LogP contribution in [0.4, 0.5) is 4.79 Å². The molecule has 2 N–H and O–H groups in total. The van der Waals surface area contributed by atoms with E-state index in [0.29, 0.717) is 19.6 Å². The van der Waals surface area contributed by atoms with Crippen LogP contribution in [0.2, 0.25) is 0 Å². The summed E-state index contributed by atoms with van der Waals surface area (Å²) in [7, 11) is 0. The lowest BCUT2D eigenvalue weighted by atomic mass is 10.0. The van der Waals surface area contributed by atoms with Gasteiger partial charge in [-0.05, 0) is 39.3 Å². The minimum atomic E-state index is -1.05. The predicted molar refractivity (Wildman–Crippen MR) is 138 cm³/mol. The van der Waals surface area contributed by atoms with E-state index in [0.717, 1.165) is 10.6 Å². The quantitative estimate of drug-likeness (QED) is 0.301. The Balaban J connectivity index is 1.31. The highest BCUT2D eigenvalue weighted by molar-refractivity contribution is 6.24. The molecule has 0 saturated carbocycles. The van der Waals surface area contributed by atoms with Crippen LogP contribution in [0.5, 0.6) is 5.75 Å². The lowest BCUT2D eigenvalue weighted by molar-refractivity contribution is -0.136. The Hall–Kier alpha value is -4.33. The number of amides is 5. The van der Waals surface area contributed by atoms with E-state index >= 15 is 0 Å². The maximum absolute atomic E-state index is 13.2. The van der Waals surface area contributed by atoms with E-state index in [2.05, 4.69) is 15.6 Å². The molecule has 0 spiro atoms. The van der Waals surface area contributed by atoms with Crippen LogP contribution in [0.25, 0.3) is 0 Å². The van der Waals surface area contributed by atoms with Gasteiger partial charge in [0.2, 0.25) is 11.8 Å². The first kappa shape index (κ1) is 28.7. The number of benzene rings is 1. The average molecular weight is 557 g/mol. The SMILES string of the molecule is CC(C)(C)N(CCOCCn1nncc1CCOc1cccc2c1C(=O)N(C1CCC(=O)NC1=O)C2=O)C(=O)O. The highest BCUT2D eigenvalue weighted by Gasteiger charge is 2.46. The van der Waals surface area contributed by atoms with Crippen molar-refractivity contribution in [3.05, 3.63) is 41.2 Å². The van der Waals surface area contributed by atoms with Crippen LogP contribution in [-0.2, 0) is 27.3 Å². The van der Waals surface area contributed by atoms with E-state index in [4.69, 9.17) is 9.47 Å². The highest BCUT2D eigenvalue weighted by atomic mass is 16.5. The lowest BCUT2D eigenvalue weighted by Crippen LogP contribution is -2.54. The van der Waals surface area contributed by atoms with Crippen molar-refractivity contribution in [3.8, 4) is 5.75 Å². The molecular formula is C26H32N6O8. The zero-order valence-electron chi connectivity index (χ0n) is 22.6. The van der Waals surface area contributed by atoms with Gasteiger partial charge in [0.05, 0.1) is 49.4 Å². The molecule has 214 valence electrons. The Bertz CT molecular complexity index is 1320. The Kier molecular flexibility index (Phi) is 8.47. The van der Waals surface area contributed by atoms with E-state index < -0.39 is 41.3 Å². The third-order valence-corrected chi connectivity index (χ3v) is 6.69. The number of carbonyl (C=O) groups is 5. The molecule has 0 radical (unpaired) electrons. The number of piperidine rings is 1. The van der Waals surface area contributed by atoms with Gasteiger partial charge in [-0.15, -0.1) is 5.10 Å². The number of ether oxygens (including phenoxy) is 2. The first-order valence-electron chi connectivity index (χ1n) is 12.9. The standard InChI is InChI=1S/C26H32N6O8/c1-26(2,3)30(25(37)38)10-13-39-14-11-31-16(15-27-29-31)9-12-40-19-6-4-5-17-21(19)24(36)32(23(17)35)18-7-8-20(33)28-22(18)34/h4-6,15,18H,7-14H2,1-3H3,(H,37,38)(H,28,33,34). The summed E-state index contributed by atoms with van der Waals surface area (Å²) in [6, 6.07) is 3.63. The van der Waals surface area contributed by atoms with Crippen molar-refractivity contribution < 1.29 is 38.6 Å². The molecule has 2 aliphatic rings. The topological polar surface area (TPSA) is 173 Å². The first-order chi connectivity index (χ1) is 19.0. The van der Waals surface area contributed by atoms with E-state index in [1.807, 2.05) is 20.8 Å². The zero-order chi connectivity index (χ0) is 29.0. The van der Waals surface area contributed by atoms with Crippen molar-refractivity contribution >= 4 is 29.7 Å². The number of nitrogens with zero attached hydrogens (tertiary/aromatic N) is 5. The molecule has 4 rings (SSSR count). The molecule has 3 heterocycles. The molecule has 1 unspecified atom stereocenters. The lowest BCUT2D eigenvalue weighted by Gasteiger charge is -2.32. The number of rotatable bonds is 11. The molecule has 1 aromatic heterocycles. The van der Waals surface area contributed by atoms with Crippen LogP contribution >= 0.6 is 0 Å². The minimum absolute atomic E-state index is 0.0393. The van der Waals surface area contributed by atoms with Gasteiger partial charge in [-0.25, -0.2) is 9.48 Å². The van der Waals surface area contributed by atoms with Gasteiger partial charge >= 0.3 is 6.09 Å². The van der Waals surface area contributed by atoms with Crippen molar-refractivity contribution in [2.24, 2.45) is 0 Å². The van der Waals surface area contributed by atoms with Gasteiger partial charge in [0.15, 0.2) is 0 Å². The van der Waals surface area contributed by atoms with Gasteiger partial charge in [0, 0.05) is 24.9 Å². The molecule has 40 heavy (non-hydrogen) atoms. The summed E-state index contributed by atoms with van der Waals surface area (Å²) < 4.78 is 13.1. The second kappa shape index (κ2) is 11.8. The maximum Gasteiger partial charge on any atom is 0.407 e. The van der Waals surface area contributed by atoms with E-state index in [1.165, 1.54) is 11.0 Å². The fraction of sp³-hybridized carbons (Fsp3) is 0.500. The van der Waals surface area contributed by atoms with Gasteiger partial charge in [0.1, 0.15) is 11.8 Å². The van der Waals surface area contributed by atoms with Crippen molar-refractivity contribution in [3.63, 3.8) is 0 Å². The molecule has 5 amide bonds. The largest absolute Gasteiger partial charge is 0.492 e. The molecule has 0 aliphatic carbocycles. The van der Waals surface area contributed by atoms with Gasteiger partial charge in [0.25, 0.3) is 11.8 Å². The molecule has 1 atom stereocenters. The van der Waals surface area contributed by atoms with Crippen LogP contribution in [0.3, 0.4) is 0 Å².